The van der Waals surface area contributed by atoms with Gasteiger partial charge in [-0.15, -0.1) is 0 Å². The predicted octanol–water partition coefficient (Wildman–Crippen LogP) is 3.18. The van der Waals surface area contributed by atoms with E-state index < -0.39 is 11.5 Å². The van der Waals surface area contributed by atoms with E-state index in [4.69, 9.17) is 0 Å². The summed E-state index contributed by atoms with van der Waals surface area (Å²) in [5.74, 6) is -0.861. The molecule has 0 bridgehead atoms. The van der Waals surface area contributed by atoms with Gasteiger partial charge in [0.1, 0.15) is 5.54 Å². The quantitative estimate of drug-likeness (QED) is 0.862. The smallest absolute Gasteiger partial charge is 0.329 e. The zero-order valence-corrected chi connectivity index (χ0v) is 10.8. The zero-order chi connectivity index (χ0) is 13.7. The number of benzene rings is 2. The van der Waals surface area contributed by atoms with E-state index in [1.54, 1.807) is 6.92 Å². The first-order chi connectivity index (χ1) is 9.10. The number of para-hydroxylation sites is 1. The van der Waals surface area contributed by atoms with Crippen molar-refractivity contribution in [2.24, 2.45) is 0 Å². The summed E-state index contributed by atoms with van der Waals surface area (Å²) >= 11 is 0. The normalized spacial score (nSPS) is 13.5. The van der Waals surface area contributed by atoms with Gasteiger partial charge in [-0.05, 0) is 24.6 Å². The van der Waals surface area contributed by atoms with Gasteiger partial charge in [0.2, 0.25) is 0 Å². The van der Waals surface area contributed by atoms with Crippen LogP contribution in [0.1, 0.15) is 12.5 Å². The van der Waals surface area contributed by atoms with Crippen LogP contribution in [-0.4, -0.2) is 16.6 Å². The van der Waals surface area contributed by atoms with E-state index in [0.29, 0.717) is 6.42 Å². The largest absolute Gasteiger partial charge is 0.480 e. The van der Waals surface area contributed by atoms with Gasteiger partial charge < -0.3 is 10.4 Å². The summed E-state index contributed by atoms with van der Waals surface area (Å²) in [6.45, 7) is 1.70. The van der Waals surface area contributed by atoms with Crippen molar-refractivity contribution in [2.45, 2.75) is 18.9 Å². The van der Waals surface area contributed by atoms with Gasteiger partial charge in [0.05, 0.1) is 0 Å². The molecule has 1 atom stereocenters. The Balaban J connectivity index is 2.21. The molecule has 0 heterocycles. The van der Waals surface area contributed by atoms with Gasteiger partial charge in [-0.2, -0.15) is 0 Å². The lowest BCUT2D eigenvalue weighted by Crippen LogP contribution is -2.45. The van der Waals surface area contributed by atoms with E-state index in [1.807, 2.05) is 60.7 Å². The topological polar surface area (TPSA) is 49.3 Å². The van der Waals surface area contributed by atoms with Crippen LogP contribution < -0.4 is 5.32 Å². The average molecular weight is 255 g/mol. The molecule has 0 aliphatic heterocycles. The van der Waals surface area contributed by atoms with Crippen LogP contribution in [-0.2, 0) is 11.2 Å². The van der Waals surface area contributed by atoms with Crippen molar-refractivity contribution in [3.63, 3.8) is 0 Å². The Hall–Kier alpha value is -2.29. The van der Waals surface area contributed by atoms with Crippen molar-refractivity contribution in [2.75, 3.05) is 5.32 Å². The number of hydrogen-bond acceptors (Lipinski definition) is 2. The van der Waals surface area contributed by atoms with E-state index in [-0.39, 0.29) is 0 Å². The third-order valence-electron chi connectivity index (χ3n) is 3.07. The van der Waals surface area contributed by atoms with Crippen molar-refractivity contribution in [1.82, 2.24) is 0 Å². The van der Waals surface area contributed by atoms with Crippen LogP contribution in [0.4, 0.5) is 5.69 Å². The third kappa shape index (κ3) is 3.35. The first-order valence-electron chi connectivity index (χ1n) is 6.21. The highest BCUT2D eigenvalue weighted by atomic mass is 16.4. The Bertz CT molecular complexity index is 496. The van der Waals surface area contributed by atoms with Crippen LogP contribution in [0.5, 0.6) is 0 Å². The van der Waals surface area contributed by atoms with Crippen LogP contribution in [0.2, 0.25) is 0 Å². The number of carbonyl (C=O) groups is 1. The molecule has 0 fully saturated rings. The maximum Gasteiger partial charge on any atom is 0.329 e. The first kappa shape index (κ1) is 13.1. The minimum atomic E-state index is -1.03. The van der Waals surface area contributed by atoms with Gasteiger partial charge in [0.25, 0.3) is 0 Å². The Morgan fingerprint density at radius 3 is 2.11 bits per heavy atom. The Morgan fingerprint density at radius 1 is 1.05 bits per heavy atom. The molecular weight excluding hydrogens is 238 g/mol. The van der Waals surface area contributed by atoms with Crippen molar-refractivity contribution >= 4 is 11.7 Å². The number of rotatable bonds is 5. The number of hydrogen-bond donors (Lipinski definition) is 2. The summed E-state index contributed by atoms with van der Waals surface area (Å²) in [4.78, 5) is 11.6. The van der Waals surface area contributed by atoms with Gasteiger partial charge in [0.15, 0.2) is 0 Å². The molecule has 0 amide bonds. The van der Waals surface area contributed by atoms with E-state index in [0.717, 1.165) is 11.3 Å². The molecule has 3 heteroatoms. The highest BCUT2D eigenvalue weighted by molar-refractivity contribution is 5.82. The fraction of sp³-hybridized carbons (Fsp3) is 0.188. The molecule has 0 saturated heterocycles. The molecule has 0 aliphatic rings. The molecule has 0 spiro atoms. The number of anilines is 1. The molecule has 2 N–H and O–H groups in total. The molecule has 2 aromatic rings. The van der Waals surface area contributed by atoms with Gasteiger partial charge in [-0.3, -0.25) is 0 Å². The van der Waals surface area contributed by atoms with Crippen molar-refractivity contribution in [3.05, 3.63) is 66.2 Å². The van der Waals surface area contributed by atoms with Crippen molar-refractivity contribution in [1.29, 1.82) is 0 Å². The second-order valence-electron chi connectivity index (χ2n) is 4.79. The van der Waals surface area contributed by atoms with Gasteiger partial charge >= 0.3 is 5.97 Å². The van der Waals surface area contributed by atoms with Crippen LogP contribution in [0.3, 0.4) is 0 Å². The molecule has 0 saturated carbocycles. The number of nitrogens with one attached hydrogen (secondary N) is 1. The Morgan fingerprint density at radius 2 is 1.58 bits per heavy atom. The minimum absolute atomic E-state index is 0.429. The lowest BCUT2D eigenvalue weighted by atomic mass is 9.92. The van der Waals surface area contributed by atoms with E-state index in [2.05, 4.69) is 5.32 Å². The summed E-state index contributed by atoms with van der Waals surface area (Å²) in [6, 6.07) is 19.0. The molecule has 1 unspecified atom stereocenters. The maximum atomic E-state index is 11.6. The zero-order valence-electron chi connectivity index (χ0n) is 10.8. The number of aliphatic carboxylic acids is 1. The molecular formula is C16H17NO2. The van der Waals surface area contributed by atoms with Gasteiger partial charge in [-0.1, -0.05) is 48.5 Å². The van der Waals surface area contributed by atoms with Gasteiger partial charge in [0, 0.05) is 12.1 Å². The lowest BCUT2D eigenvalue weighted by molar-refractivity contribution is -0.141. The fourth-order valence-electron chi connectivity index (χ4n) is 2.02. The number of carboxylic acids is 1. The molecule has 3 nitrogen and oxygen atoms in total. The fourth-order valence-corrected chi connectivity index (χ4v) is 2.02. The van der Waals surface area contributed by atoms with Crippen molar-refractivity contribution < 1.29 is 9.90 Å². The van der Waals surface area contributed by atoms with Crippen LogP contribution in [0.25, 0.3) is 0 Å². The predicted molar refractivity (Wildman–Crippen MR) is 76.3 cm³/mol. The Labute approximate surface area is 112 Å². The Kier molecular flexibility index (Phi) is 3.85. The van der Waals surface area contributed by atoms with Crippen LogP contribution in [0.15, 0.2) is 60.7 Å². The van der Waals surface area contributed by atoms with E-state index in [1.165, 1.54) is 0 Å². The standard InChI is InChI=1S/C16H17NO2/c1-16(15(18)19,12-13-8-4-2-5-9-13)17-14-10-6-3-7-11-14/h2-11,17H,12H2,1H3,(H,18,19). The SMILES string of the molecule is CC(Cc1ccccc1)(Nc1ccccc1)C(=O)O. The highest BCUT2D eigenvalue weighted by Gasteiger charge is 2.33. The summed E-state index contributed by atoms with van der Waals surface area (Å²) in [6.07, 6.45) is 0.429. The summed E-state index contributed by atoms with van der Waals surface area (Å²) in [5.41, 5.74) is 0.780. The lowest BCUT2D eigenvalue weighted by Gasteiger charge is -2.27. The maximum absolute atomic E-state index is 11.6. The molecule has 0 aliphatic carbocycles. The first-order valence-corrected chi connectivity index (χ1v) is 6.21. The molecule has 0 aromatic heterocycles. The summed E-state index contributed by atoms with van der Waals surface area (Å²) < 4.78 is 0. The average Bonchev–Trinajstić information content (AvgIpc) is 2.40. The minimum Gasteiger partial charge on any atom is -0.480 e. The molecule has 19 heavy (non-hydrogen) atoms. The molecule has 2 rings (SSSR count). The molecule has 98 valence electrons. The van der Waals surface area contributed by atoms with Crippen LogP contribution >= 0.6 is 0 Å². The third-order valence-corrected chi connectivity index (χ3v) is 3.07. The van der Waals surface area contributed by atoms with Gasteiger partial charge in [-0.25, -0.2) is 4.79 Å². The van der Waals surface area contributed by atoms with E-state index in [9.17, 15) is 9.90 Å². The van der Waals surface area contributed by atoms with Crippen LogP contribution in [0, 0.1) is 0 Å². The number of carboxylic acid groups (broad SMARTS) is 1. The van der Waals surface area contributed by atoms with Crippen molar-refractivity contribution in [3.8, 4) is 0 Å². The molecule has 0 radical (unpaired) electrons. The monoisotopic (exact) mass is 255 g/mol. The van der Waals surface area contributed by atoms with E-state index >= 15 is 0 Å². The highest BCUT2D eigenvalue weighted by Crippen LogP contribution is 2.20. The summed E-state index contributed by atoms with van der Waals surface area (Å²) in [7, 11) is 0. The second-order valence-corrected chi connectivity index (χ2v) is 4.79. The second kappa shape index (κ2) is 5.57. The molecule has 2 aromatic carbocycles. The summed E-state index contributed by atoms with van der Waals surface area (Å²) in [5, 5.41) is 12.6.